The van der Waals surface area contributed by atoms with Crippen LogP contribution >= 0.6 is 0 Å². The highest BCUT2D eigenvalue weighted by Crippen LogP contribution is 2.38. The van der Waals surface area contributed by atoms with Crippen molar-refractivity contribution in [3.05, 3.63) is 11.3 Å². The summed E-state index contributed by atoms with van der Waals surface area (Å²) in [5.41, 5.74) is 8.12. The number of nitrogens with zero attached hydrogens (tertiary/aromatic N) is 3. The van der Waals surface area contributed by atoms with Gasteiger partial charge in [0.05, 0.1) is 24.4 Å². The van der Waals surface area contributed by atoms with Crippen LogP contribution in [0, 0.1) is 6.92 Å². The van der Waals surface area contributed by atoms with Crippen LogP contribution in [0.25, 0.3) is 0 Å². The molecule has 1 saturated heterocycles. The number of hydrogen-bond donors (Lipinski definition) is 1. The van der Waals surface area contributed by atoms with Crippen molar-refractivity contribution in [1.82, 2.24) is 14.7 Å². The molecular weight excluding hydrogens is 256 g/mol. The summed E-state index contributed by atoms with van der Waals surface area (Å²) in [6, 6.07) is -0.157. The molecule has 112 valence electrons. The second-order valence-corrected chi connectivity index (χ2v) is 5.67. The van der Waals surface area contributed by atoms with E-state index >= 15 is 0 Å². The zero-order valence-corrected chi connectivity index (χ0v) is 12.9. The van der Waals surface area contributed by atoms with Gasteiger partial charge < -0.3 is 15.4 Å². The number of nitrogens with two attached hydrogens (primary N) is 1. The van der Waals surface area contributed by atoms with Gasteiger partial charge in [-0.2, -0.15) is 5.10 Å². The smallest absolute Gasteiger partial charge is 0.223 e. The van der Waals surface area contributed by atoms with Crippen LogP contribution in [0.15, 0.2) is 0 Å². The number of rotatable bonds is 3. The molecule has 0 aromatic carbocycles. The van der Waals surface area contributed by atoms with Crippen molar-refractivity contribution in [2.45, 2.75) is 51.7 Å². The van der Waals surface area contributed by atoms with Crippen molar-refractivity contribution in [2.75, 3.05) is 7.11 Å². The zero-order chi connectivity index (χ0) is 15.0. The Hall–Kier alpha value is -1.56. The summed E-state index contributed by atoms with van der Waals surface area (Å²) in [6.07, 6.45) is 1.21. The van der Waals surface area contributed by atoms with E-state index in [4.69, 9.17) is 10.5 Å². The molecule has 1 fully saturated rings. The zero-order valence-electron chi connectivity index (χ0n) is 12.9. The van der Waals surface area contributed by atoms with E-state index in [-0.39, 0.29) is 24.0 Å². The fraction of sp³-hybridized carbons (Fsp3) is 0.714. The Morgan fingerprint density at radius 1 is 1.45 bits per heavy atom. The molecule has 20 heavy (non-hydrogen) atoms. The molecule has 0 radical (unpaired) electrons. The number of aromatic nitrogens is 2. The summed E-state index contributed by atoms with van der Waals surface area (Å²) in [5, 5.41) is 4.41. The van der Waals surface area contributed by atoms with Crippen molar-refractivity contribution in [3.8, 4) is 5.88 Å². The van der Waals surface area contributed by atoms with Crippen molar-refractivity contribution in [1.29, 1.82) is 0 Å². The van der Waals surface area contributed by atoms with Gasteiger partial charge in [0.2, 0.25) is 11.8 Å². The van der Waals surface area contributed by atoms with Gasteiger partial charge in [-0.05, 0) is 27.2 Å². The van der Waals surface area contributed by atoms with Crippen LogP contribution in [0.1, 0.15) is 44.0 Å². The predicted molar refractivity (Wildman–Crippen MR) is 76.4 cm³/mol. The highest BCUT2D eigenvalue weighted by molar-refractivity contribution is 5.78. The highest BCUT2D eigenvalue weighted by Gasteiger charge is 2.40. The molecule has 2 rings (SSSR count). The van der Waals surface area contributed by atoms with E-state index in [0.29, 0.717) is 18.7 Å². The van der Waals surface area contributed by atoms with Crippen molar-refractivity contribution >= 4 is 5.91 Å². The molecule has 0 spiro atoms. The Labute approximate surface area is 119 Å². The molecule has 0 bridgehead atoms. The quantitative estimate of drug-likeness (QED) is 0.901. The van der Waals surface area contributed by atoms with E-state index in [0.717, 1.165) is 11.3 Å². The molecule has 1 aliphatic heterocycles. The van der Waals surface area contributed by atoms with Gasteiger partial charge in [-0.25, -0.2) is 4.68 Å². The largest absolute Gasteiger partial charge is 0.481 e. The number of ether oxygens (including phenoxy) is 1. The minimum Gasteiger partial charge on any atom is -0.481 e. The van der Waals surface area contributed by atoms with Crippen LogP contribution in [0.3, 0.4) is 0 Å². The van der Waals surface area contributed by atoms with E-state index in [1.807, 2.05) is 32.7 Å². The van der Waals surface area contributed by atoms with Crippen LogP contribution in [-0.4, -0.2) is 39.8 Å². The molecule has 2 atom stereocenters. The normalized spacial score (nSPS) is 23.6. The summed E-state index contributed by atoms with van der Waals surface area (Å²) in [7, 11) is 3.46. The third kappa shape index (κ3) is 2.28. The van der Waals surface area contributed by atoms with Gasteiger partial charge >= 0.3 is 0 Å². The first kappa shape index (κ1) is 14.8. The Balaban J connectivity index is 2.54. The Kier molecular flexibility index (Phi) is 4.04. The highest BCUT2D eigenvalue weighted by atomic mass is 16.5. The average molecular weight is 280 g/mol. The summed E-state index contributed by atoms with van der Waals surface area (Å²) >= 11 is 0. The Morgan fingerprint density at radius 2 is 2.10 bits per heavy atom. The summed E-state index contributed by atoms with van der Waals surface area (Å²) < 4.78 is 7.17. The van der Waals surface area contributed by atoms with Crippen LogP contribution in [-0.2, 0) is 11.8 Å². The maximum atomic E-state index is 12.3. The average Bonchev–Trinajstić information content (AvgIpc) is 2.65. The molecule has 6 heteroatoms. The second-order valence-electron chi connectivity index (χ2n) is 5.67. The Morgan fingerprint density at radius 3 is 2.65 bits per heavy atom. The number of aryl methyl sites for hydroxylation is 2. The van der Waals surface area contributed by atoms with Crippen LogP contribution in [0.5, 0.6) is 5.88 Å². The molecule has 2 unspecified atom stereocenters. The standard InChI is InChI=1S/C14H24N4O2/c1-8(2)18-11(19)7-6-10(15)13(18)12-9(3)16-17(4)14(12)20-5/h8,10,13H,6-7,15H2,1-5H3. The fourth-order valence-electron chi connectivity index (χ4n) is 3.14. The Bertz CT molecular complexity index is 510. The van der Waals surface area contributed by atoms with Gasteiger partial charge in [-0.1, -0.05) is 0 Å². The van der Waals surface area contributed by atoms with E-state index in [9.17, 15) is 4.79 Å². The van der Waals surface area contributed by atoms with Gasteiger partial charge in [0.1, 0.15) is 0 Å². The predicted octanol–water partition coefficient (Wildman–Crippen LogP) is 1.14. The van der Waals surface area contributed by atoms with E-state index in [1.54, 1.807) is 11.8 Å². The first-order valence-corrected chi connectivity index (χ1v) is 7.02. The third-order valence-corrected chi connectivity index (χ3v) is 3.94. The number of carbonyl (C=O) groups excluding carboxylic acids is 1. The van der Waals surface area contributed by atoms with Gasteiger partial charge in [0.25, 0.3) is 0 Å². The molecule has 1 aromatic heterocycles. The SMILES string of the molecule is COc1c(C2C(N)CCC(=O)N2C(C)C)c(C)nn1C. The topological polar surface area (TPSA) is 73.4 Å². The molecule has 0 saturated carbocycles. The van der Waals surface area contributed by atoms with Gasteiger partial charge in [-0.3, -0.25) is 4.79 Å². The summed E-state index contributed by atoms with van der Waals surface area (Å²) in [6.45, 7) is 5.96. The first-order chi connectivity index (χ1) is 9.38. The number of piperidine rings is 1. The lowest BCUT2D eigenvalue weighted by molar-refractivity contribution is -0.139. The maximum absolute atomic E-state index is 12.3. The van der Waals surface area contributed by atoms with Crippen molar-refractivity contribution < 1.29 is 9.53 Å². The number of methoxy groups -OCH3 is 1. The van der Waals surface area contributed by atoms with Crippen LogP contribution < -0.4 is 10.5 Å². The molecule has 6 nitrogen and oxygen atoms in total. The number of amides is 1. The molecule has 2 N–H and O–H groups in total. The van der Waals surface area contributed by atoms with Crippen LogP contribution in [0.4, 0.5) is 0 Å². The summed E-state index contributed by atoms with van der Waals surface area (Å²) in [5.74, 6) is 0.834. The van der Waals surface area contributed by atoms with Gasteiger partial charge in [-0.15, -0.1) is 0 Å². The molecule has 1 aliphatic rings. The molecule has 1 amide bonds. The van der Waals surface area contributed by atoms with E-state index in [1.165, 1.54) is 0 Å². The third-order valence-electron chi connectivity index (χ3n) is 3.94. The fourth-order valence-corrected chi connectivity index (χ4v) is 3.14. The van der Waals surface area contributed by atoms with Crippen molar-refractivity contribution in [2.24, 2.45) is 12.8 Å². The maximum Gasteiger partial charge on any atom is 0.223 e. The minimum atomic E-state index is -0.167. The minimum absolute atomic E-state index is 0.0908. The number of carbonyl (C=O) groups is 1. The molecule has 2 heterocycles. The van der Waals surface area contributed by atoms with E-state index < -0.39 is 0 Å². The summed E-state index contributed by atoms with van der Waals surface area (Å²) in [4.78, 5) is 14.2. The second kappa shape index (κ2) is 5.44. The lowest BCUT2D eigenvalue weighted by atomic mass is 9.89. The van der Waals surface area contributed by atoms with E-state index in [2.05, 4.69) is 5.10 Å². The van der Waals surface area contributed by atoms with Gasteiger partial charge in [0.15, 0.2) is 0 Å². The number of likely N-dealkylation sites (tertiary alicyclic amines) is 1. The first-order valence-electron chi connectivity index (χ1n) is 7.02. The van der Waals surface area contributed by atoms with Crippen molar-refractivity contribution in [3.63, 3.8) is 0 Å². The van der Waals surface area contributed by atoms with Crippen LogP contribution in [0.2, 0.25) is 0 Å². The number of hydrogen-bond acceptors (Lipinski definition) is 4. The van der Waals surface area contributed by atoms with Gasteiger partial charge in [0, 0.05) is 25.6 Å². The lowest BCUT2D eigenvalue weighted by Crippen LogP contribution is -2.51. The molecule has 0 aliphatic carbocycles. The monoisotopic (exact) mass is 280 g/mol. The molecular formula is C14H24N4O2. The lowest BCUT2D eigenvalue weighted by Gasteiger charge is -2.42. The molecule has 1 aromatic rings.